The van der Waals surface area contributed by atoms with E-state index in [1.54, 1.807) is 0 Å². The fourth-order valence-electron chi connectivity index (χ4n) is 3.15. The molecule has 0 saturated carbocycles. The number of carbonyl (C=O) groups is 1. The Morgan fingerprint density at radius 2 is 1.96 bits per heavy atom. The van der Waals surface area contributed by atoms with Crippen LogP contribution in [0.15, 0.2) is 48.5 Å². The molecule has 2 atom stereocenters. The first-order chi connectivity index (χ1) is 11.0. The third-order valence-corrected chi connectivity index (χ3v) is 4.66. The molecular weight excluding hydrogens is 308 g/mol. The van der Waals surface area contributed by atoms with Crippen molar-refractivity contribution in [3.05, 3.63) is 64.7 Å². The highest BCUT2D eigenvalue weighted by Gasteiger charge is 2.27. The van der Waals surface area contributed by atoms with Gasteiger partial charge in [-0.15, -0.1) is 0 Å². The number of nitrogens with one attached hydrogen (secondary N) is 1. The summed E-state index contributed by atoms with van der Waals surface area (Å²) in [7, 11) is 0. The minimum Gasteiger partial charge on any atom is -0.359 e. The summed E-state index contributed by atoms with van der Waals surface area (Å²) in [5.74, 6) is 0.0380. The Bertz CT molecular complexity index is 699. The largest absolute Gasteiger partial charge is 0.359 e. The zero-order chi connectivity index (χ0) is 16.4. The highest BCUT2D eigenvalue weighted by atomic mass is 35.5. The average Bonchev–Trinajstić information content (AvgIpc) is 2.84. The van der Waals surface area contributed by atoms with E-state index in [9.17, 15) is 4.79 Å². The number of nitrogens with zero attached hydrogens (tertiary/aromatic N) is 1. The predicted molar refractivity (Wildman–Crippen MR) is 95.0 cm³/mol. The highest BCUT2D eigenvalue weighted by molar-refractivity contribution is 6.30. The first-order valence-electron chi connectivity index (χ1n) is 7.94. The lowest BCUT2D eigenvalue weighted by atomic mass is 10.1. The third-order valence-electron chi connectivity index (χ3n) is 4.41. The average molecular weight is 329 g/mol. The van der Waals surface area contributed by atoms with Crippen LogP contribution in [0.4, 0.5) is 5.69 Å². The second-order valence-electron chi connectivity index (χ2n) is 6.15. The van der Waals surface area contributed by atoms with E-state index >= 15 is 0 Å². The van der Waals surface area contributed by atoms with Crippen molar-refractivity contribution in [1.82, 2.24) is 5.32 Å². The van der Waals surface area contributed by atoms with Gasteiger partial charge in [-0.25, -0.2) is 0 Å². The SMILES string of the molecule is C[C@H](NC(=O)CN1c2ccccc2C[C@H]1C)c1ccc(Cl)cc1. The number of carbonyl (C=O) groups excluding carboxylic acids is 1. The molecule has 0 fully saturated rings. The molecule has 1 amide bonds. The zero-order valence-electron chi connectivity index (χ0n) is 13.4. The van der Waals surface area contributed by atoms with E-state index in [0.29, 0.717) is 17.6 Å². The van der Waals surface area contributed by atoms with Crippen LogP contribution in [-0.2, 0) is 11.2 Å². The summed E-state index contributed by atoms with van der Waals surface area (Å²) in [5, 5.41) is 3.77. The molecular formula is C19H21ClN2O. The van der Waals surface area contributed by atoms with Crippen LogP contribution in [0, 0.1) is 0 Å². The minimum absolute atomic E-state index is 0.0343. The molecule has 3 nitrogen and oxygen atoms in total. The Hall–Kier alpha value is -2.00. The molecule has 0 saturated heterocycles. The van der Waals surface area contributed by atoms with Gasteiger partial charge < -0.3 is 10.2 Å². The van der Waals surface area contributed by atoms with E-state index in [2.05, 4.69) is 35.3 Å². The smallest absolute Gasteiger partial charge is 0.240 e. The molecule has 4 heteroatoms. The van der Waals surface area contributed by atoms with Crippen LogP contribution >= 0.6 is 11.6 Å². The molecule has 0 aliphatic carbocycles. The Balaban J connectivity index is 1.64. The van der Waals surface area contributed by atoms with Gasteiger partial charge in [0.15, 0.2) is 0 Å². The Labute approximate surface area is 142 Å². The molecule has 1 aliphatic heterocycles. The summed E-state index contributed by atoms with van der Waals surface area (Å²) in [4.78, 5) is 14.6. The molecule has 0 spiro atoms. The van der Waals surface area contributed by atoms with Gasteiger partial charge in [0.05, 0.1) is 12.6 Å². The van der Waals surface area contributed by atoms with Crippen molar-refractivity contribution in [2.45, 2.75) is 32.4 Å². The Morgan fingerprint density at radius 1 is 1.26 bits per heavy atom. The number of hydrogen-bond donors (Lipinski definition) is 1. The van der Waals surface area contributed by atoms with Crippen molar-refractivity contribution in [1.29, 1.82) is 0 Å². The van der Waals surface area contributed by atoms with Gasteiger partial charge in [-0.1, -0.05) is 41.9 Å². The number of amides is 1. The summed E-state index contributed by atoms with van der Waals surface area (Å²) < 4.78 is 0. The van der Waals surface area contributed by atoms with E-state index < -0.39 is 0 Å². The maximum atomic E-state index is 12.4. The van der Waals surface area contributed by atoms with Crippen molar-refractivity contribution in [3.63, 3.8) is 0 Å². The van der Waals surface area contributed by atoms with Crippen molar-refractivity contribution >= 4 is 23.2 Å². The fraction of sp³-hybridized carbons (Fsp3) is 0.316. The monoisotopic (exact) mass is 328 g/mol. The van der Waals surface area contributed by atoms with Crippen LogP contribution in [-0.4, -0.2) is 18.5 Å². The second-order valence-corrected chi connectivity index (χ2v) is 6.59. The molecule has 1 aliphatic rings. The zero-order valence-corrected chi connectivity index (χ0v) is 14.2. The van der Waals surface area contributed by atoms with Gasteiger partial charge in [0, 0.05) is 16.8 Å². The third kappa shape index (κ3) is 3.50. The van der Waals surface area contributed by atoms with Crippen molar-refractivity contribution in [2.75, 3.05) is 11.4 Å². The number of rotatable bonds is 4. The van der Waals surface area contributed by atoms with Crippen molar-refractivity contribution < 1.29 is 4.79 Å². The molecule has 23 heavy (non-hydrogen) atoms. The van der Waals surface area contributed by atoms with Gasteiger partial charge in [-0.3, -0.25) is 4.79 Å². The van der Waals surface area contributed by atoms with E-state index in [-0.39, 0.29) is 11.9 Å². The van der Waals surface area contributed by atoms with Crippen molar-refractivity contribution in [3.8, 4) is 0 Å². The Morgan fingerprint density at radius 3 is 2.70 bits per heavy atom. The molecule has 0 unspecified atom stereocenters. The van der Waals surface area contributed by atoms with E-state index in [1.165, 1.54) is 11.3 Å². The molecule has 0 aromatic heterocycles. The maximum Gasteiger partial charge on any atom is 0.240 e. The number of fused-ring (bicyclic) bond motifs is 1. The number of halogens is 1. The molecule has 2 aromatic rings. The van der Waals surface area contributed by atoms with Gasteiger partial charge in [-0.2, -0.15) is 0 Å². The molecule has 2 aromatic carbocycles. The first-order valence-corrected chi connectivity index (χ1v) is 8.32. The van der Waals surface area contributed by atoms with Gasteiger partial charge in [0.2, 0.25) is 5.91 Å². The lowest BCUT2D eigenvalue weighted by Gasteiger charge is -2.25. The lowest BCUT2D eigenvalue weighted by Crippen LogP contribution is -2.40. The van der Waals surface area contributed by atoms with Crippen LogP contribution in [0.3, 0.4) is 0 Å². The number of hydrogen-bond acceptors (Lipinski definition) is 2. The summed E-state index contributed by atoms with van der Waals surface area (Å²) in [6.45, 7) is 4.54. The van der Waals surface area contributed by atoms with Gasteiger partial charge in [-0.05, 0) is 49.6 Å². The first kappa shape index (κ1) is 15.9. The molecule has 120 valence electrons. The van der Waals surface area contributed by atoms with Crippen LogP contribution in [0.2, 0.25) is 5.02 Å². The van der Waals surface area contributed by atoms with Crippen molar-refractivity contribution in [2.24, 2.45) is 0 Å². The van der Waals surface area contributed by atoms with Crippen LogP contribution in [0.1, 0.15) is 31.0 Å². The summed E-state index contributed by atoms with van der Waals surface area (Å²) in [6.07, 6.45) is 0.996. The van der Waals surface area contributed by atoms with E-state index in [4.69, 9.17) is 11.6 Å². The summed E-state index contributed by atoms with van der Waals surface area (Å²) in [5.41, 5.74) is 3.55. The molecule has 1 heterocycles. The predicted octanol–water partition coefficient (Wildman–Crippen LogP) is 3.97. The number of benzene rings is 2. The minimum atomic E-state index is -0.0343. The second kappa shape index (κ2) is 6.63. The van der Waals surface area contributed by atoms with Crippen LogP contribution < -0.4 is 10.2 Å². The quantitative estimate of drug-likeness (QED) is 0.921. The van der Waals surface area contributed by atoms with Crippen LogP contribution in [0.25, 0.3) is 0 Å². The normalized spacial score (nSPS) is 17.7. The van der Waals surface area contributed by atoms with E-state index in [0.717, 1.165) is 12.0 Å². The Kier molecular flexibility index (Phi) is 4.58. The molecule has 0 radical (unpaired) electrons. The molecule has 0 bridgehead atoms. The summed E-state index contributed by atoms with van der Waals surface area (Å²) in [6, 6.07) is 16.2. The number of anilines is 1. The molecule has 3 rings (SSSR count). The lowest BCUT2D eigenvalue weighted by molar-refractivity contribution is -0.120. The van der Waals surface area contributed by atoms with Gasteiger partial charge in [0.1, 0.15) is 0 Å². The standard InChI is InChI=1S/C19H21ClN2O/c1-13-11-16-5-3-4-6-18(16)22(13)12-19(23)21-14(2)15-7-9-17(20)10-8-15/h3-10,13-14H,11-12H2,1-2H3,(H,21,23)/t13-,14+/m1/s1. The van der Waals surface area contributed by atoms with Crippen LogP contribution in [0.5, 0.6) is 0 Å². The molecule has 1 N–H and O–H groups in total. The number of para-hydroxylation sites is 1. The van der Waals surface area contributed by atoms with Gasteiger partial charge >= 0.3 is 0 Å². The summed E-state index contributed by atoms with van der Waals surface area (Å²) >= 11 is 5.91. The van der Waals surface area contributed by atoms with Gasteiger partial charge in [0.25, 0.3) is 0 Å². The highest BCUT2D eigenvalue weighted by Crippen LogP contribution is 2.31. The topological polar surface area (TPSA) is 32.3 Å². The fourth-order valence-corrected chi connectivity index (χ4v) is 3.27. The van der Waals surface area contributed by atoms with E-state index in [1.807, 2.05) is 37.3 Å². The maximum absolute atomic E-state index is 12.4.